The lowest BCUT2D eigenvalue weighted by atomic mass is 10.2. The second-order valence-electron chi connectivity index (χ2n) is 7.47. The number of benzene rings is 2. The van der Waals surface area contributed by atoms with Gasteiger partial charge in [-0.25, -0.2) is 0 Å². The van der Waals surface area contributed by atoms with Crippen LogP contribution in [0.4, 0.5) is 22.7 Å². The Bertz CT molecular complexity index is 911. The highest BCUT2D eigenvalue weighted by Crippen LogP contribution is 2.29. The molecule has 0 aliphatic carbocycles. The van der Waals surface area contributed by atoms with Gasteiger partial charge in [-0.1, -0.05) is 6.92 Å². The Labute approximate surface area is 182 Å². The molecule has 2 aromatic carbocycles. The average Bonchev–Trinajstić information content (AvgIpc) is 2.79. The summed E-state index contributed by atoms with van der Waals surface area (Å²) in [4.78, 5) is 27.9. The molecule has 0 spiro atoms. The minimum Gasteiger partial charge on any atom is -0.495 e. The Morgan fingerprint density at radius 2 is 1.84 bits per heavy atom. The second-order valence-corrected chi connectivity index (χ2v) is 7.47. The quantitative estimate of drug-likeness (QED) is 0.493. The monoisotopic (exact) mass is 427 g/mol. The van der Waals surface area contributed by atoms with E-state index in [1.54, 1.807) is 6.92 Å². The molecular formula is C22H29N5O4. The van der Waals surface area contributed by atoms with E-state index >= 15 is 0 Å². The highest BCUT2D eigenvalue weighted by atomic mass is 16.6. The molecule has 31 heavy (non-hydrogen) atoms. The Morgan fingerprint density at radius 3 is 2.42 bits per heavy atom. The lowest BCUT2D eigenvalue weighted by molar-refractivity contribution is -0.384. The van der Waals surface area contributed by atoms with Gasteiger partial charge in [0.1, 0.15) is 11.8 Å². The lowest BCUT2D eigenvalue weighted by Gasteiger charge is -2.35. The Balaban J connectivity index is 1.60. The van der Waals surface area contributed by atoms with E-state index in [0.717, 1.165) is 38.4 Å². The van der Waals surface area contributed by atoms with Crippen molar-refractivity contribution in [1.29, 1.82) is 0 Å². The van der Waals surface area contributed by atoms with Gasteiger partial charge >= 0.3 is 0 Å². The summed E-state index contributed by atoms with van der Waals surface area (Å²) < 4.78 is 5.20. The molecule has 0 radical (unpaired) electrons. The minimum absolute atomic E-state index is 0.118. The predicted molar refractivity (Wildman–Crippen MR) is 122 cm³/mol. The van der Waals surface area contributed by atoms with Crippen LogP contribution in [0.2, 0.25) is 0 Å². The van der Waals surface area contributed by atoms with Gasteiger partial charge in [-0.15, -0.1) is 0 Å². The van der Waals surface area contributed by atoms with Gasteiger partial charge in [0.15, 0.2) is 0 Å². The van der Waals surface area contributed by atoms with Crippen molar-refractivity contribution < 1.29 is 14.5 Å². The van der Waals surface area contributed by atoms with Crippen LogP contribution in [0, 0.1) is 10.1 Å². The van der Waals surface area contributed by atoms with Crippen LogP contribution in [0.3, 0.4) is 0 Å². The van der Waals surface area contributed by atoms with E-state index in [-0.39, 0.29) is 17.3 Å². The fraction of sp³-hybridized carbons (Fsp3) is 0.409. The number of nitrogens with one attached hydrogen (secondary N) is 2. The third-order valence-electron chi connectivity index (χ3n) is 5.48. The SMILES string of the molecule is CCN1CCN(c2ccc(N[C@@H](C)C(=O)Nc3cc([N+](=O)[O-])ccc3OC)cc2)CC1. The van der Waals surface area contributed by atoms with E-state index in [0.29, 0.717) is 5.75 Å². The van der Waals surface area contributed by atoms with Crippen molar-refractivity contribution in [2.24, 2.45) is 0 Å². The third kappa shape index (κ3) is 5.64. The number of ether oxygens (including phenoxy) is 1. The highest BCUT2D eigenvalue weighted by molar-refractivity contribution is 5.97. The number of nitro benzene ring substituents is 1. The molecule has 0 bridgehead atoms. The molecule has 1 saturated heterocycles. The van der Waals surface area contributed by atoms with Crippen LogP contribution in [-0.4, -0.2) is 61.6 Å². The predicted octanol–water partition coefficient (Wildman–Crippen LogP) is 3.18. The van der Waals surface area contributed by atoms with Crippen molar-refractivity contribution in [1.82, 2.24) is 4.90 Å². The van der Waals surface area contributed by atoms with E-state index in [1.165, 1.54) is 31.0 Å². The van der Waals surface area contributed by atoms with Crippen LogP contribution in [-0.2, 0) is 4.79 Å². The van der Waals surface area contributed by atoms with Gasteiger partial charge in [-0.05, 0) is 43.8 Å². The maximum Gasteiger partial charge on any atom is 0.271 e. The van der Waals surface area contributed by atoms with E-state index < -0.39 is 11.0 Å². The zero-order valence-corrected chi connectivity index (χ0v) is 18.1. The summed E-state index contributed by atoms with van der Waals surface area (Å²) in [5, 5.41) is 16.9. The maximum atomic E-state index is 12.6. The number of carbonyl (C=O) groups is 1. The summed E-state index contributed by atoms with van der Waals surface area (Å²) in [6.45, 7) is 9.14. The molecule has 1 aliphatic rings. The van der Waals surface area contributed by atoms with Crippen LogP contribution in [0.5, 0.6) is 5.75 Å². The Morgan fingerprint density at radius 1 is 1.16 bits per heavy atom. The number of piperazine rings is 1. The molecule has 0 saturated carbocycles. The van der Waals surface area contributed by atoms with Crippen molar-refractivity contribution in [3.05, 3.63) is 52.6 Å². The van der Waals surface area contributed by atoms with Crippen LogP contribution < -0.4 is 20.3 Å². The molecule has 1 amide bonds. The summed E-state index contributed by atoms with van der Waals surface area (Å²) in [5.41, 5.74) is 2.13. The van der Waals surface area contributed by atoms with Crippen molar-refractivity contribution in [2.75, 3.05) is 55.4 Å². The first-order chi connectivity index (χ1) is 14.9. The third-order valence-corrected chi connectivity index (χ3v) is 5.48. The number of rotatable bonds is 8. The molecule has 1 atom stereocenters. The largest absolute Gasteiger partial charge is 0.495 e. The number of non-ortho nitro benzene ring substituents is 1. The van der Waals surface area contributed by atoms with Gasteiger partial charge in [-0.3, -0.25) is 14.9 Å². The normalized spacial score (nSPS) is 15.3. The smallest absolute Gasteiger partial charge is 0.271 e. The summed E-state index contributed by atoms with van der Waals surface area (Å²) >= 11 is 0. The molecule has 1 aliphatic heterocycles. The average molecular weight is 428 g/mol. The number of amides is 1. The summed E-state index contributed by atoms with van der Waals surface area (Å²) in [5.74, 6) is 0.0391. The van der Waals surface area contributed by atoms with Crippen LogP contribution in [0.25, 0.3) is 0 Å². The zero-order chi connectivity index (χ0) is 22.4. The van der Waals surface area contributed by atoms with Crippen molar-refractivity contribution in [2.45, 2.75) is 19.9 Å². The number of hydrogen-bond acceptors (Lipinski definition) is 7. The minimum atomic E-state index is -0.553. The number of hydrogen-bond donors (Lipinski definition) is 2. The number of methoxy groups -OCH3 is 1. The van der Waals surface area contributed by atoms with Crippen molar-refractivity contribution in [3.8, 4) is 5.75 Å². The maximum absolute atomic E-state index is 12.6. The topological polar surface area (TPSA) is 100.0 Å². The van der Waals surface area contributed by atoms with Crippen LogP contribution >= 0.6 is 0 Å². The molecule has 2 N–H and O–H groups in total. The molecule has 9 nitrogen and oxygen atoms in total. The van der Waals surface area contributed by atoms with E-state index in [4.69, 9.17) is 4.74 Å². The molecule has 0 aromatic heterocycles. The molecular weight excluding hydrogens is 398 g/mol. The van der Waals surface area contributed by atoms with Crippen LogP contribution in [0.1, 0.15) is 13.8 Å². The number of likely N-dealkylation sites (N-methyl/N-ethyl adjacent to an activating group) is 1. The molecule has 9 heteroatoms. The van der Waals surface area contributed by atoms with Crippen molar-refractivity contribution >= 4 is 28.7 Å². The highest BCUT2D eigenvalue weighted by Gasteiger charge is 2.19. The van der Waals surface area contributed by atoms with Gasteiger partial charge in [0, 0.05) is 49.7 Å². The van der Waals surface area contributed by atoms with Gasteiger partial charge in [0.25, 0.3) is 5.69 Å². The Hall–Kier alpha value is -3.33. The summed E-state index contributed by atoms with van der Waals surface area (Å²) in [6, 6.07) is 11.6. The Kier molecular flexibility index (Phi) is 7.30. The molecule has 1 heterocycles. The number of nitrogens with zero attached hydrogens (tertiary/aromatic N) is 3. The van der Waals surface area contributed by atoms with Gasteiger partial charge in [0.2, 0.25) is 5.91 Å². The lowest BCUT2D eigenvalue weighted by Crippen LogP contribution is -2.46. The fourth-order valence-electron chi connectivity index (χ4n) is 3.55. The van der Waals surface area contributed by atoms with Gasteiger partial charge in [-0.2, -0.15) is 0 Å². The molecule has 2 aromatic rings. The first-order valence-electron chi connectivity index (χ1n) is 10.4. The zero-order valence-electron chi connectivity index (χ0n) is 18.1. The van der Waals surface area contributed by atoms with Crippen molar-refractivity contribution in [3.63, 3.8) is 0 Å². The molecule has 1 fully saturated rings. The molecule has 0 unspecified atom stereocenters. The number of carbonyl (C=O) groups excluding carboxylic acids is 1. The first kappa shape index (κ1) is 22.4. The molecule has 166 valence electrons. The fourth-order valence-corrected chi connectivity index (χ4v) is 3.55. The number of nitro groups is 1. The van der Waals surface area contributed by atoms with E-state index in [1.807, 2.05) is 12.1 Å². The van der Waals surface area contributed by atoms with Gasteiger partial charge in [0.05, 0.1) is 17.7 Å². The summed E-state index contributed by atoms with van der Waals surface area (Å²) in [6.07, 6.45) is 0. The standard InChI is InChI=1S/C22H29N5O4/c1-4-25-11-13-26(14-12-25)18-7-5-17(6-8-18)23-16(2)22(28)24-20-15-19(27(29)30)9-10-21(20)31-3/h5-10,15-16,23H,4,11-14H2,1-3H3,(H,24,28)/t16-/m0/s1. The summed E-state index contributed by atoms with van der Waals surface area (Å²) in [7, 11) is 1.45. The van der Waals surface area contributed by atoms with Crippen LogP contribution in [0.15, 0.2) is 42.5 Å². The first-order valence-corrected chi connectivity index (χ1v) is 10.4. The molecule has 3 rings (SSSR count). The van der Waals surface area contributed by atoms with E-state index in [2.05, 4.69) is 39.5 Å². The van der Waals surface area contributed by atoms with Gasteiger partial charge < -0.3 is 25.2 Å². The van der Waals surface area contributed by atoms with E-state index in [9.17, 15) is 14.9 Å². The number of anilines is 3. The second kappa shape index (κ2) is 10.1.